The molecule has 11 heteroatoms. The van der Waals surface area contributed by atoms with Crippen molar-refractivity contribution < 1.29 is 14.4 Å². The van der Waals surface area contributed by atoms with Crippen LogP contribution in [0.5, 0.6) is 11.5 Å². The van der Waals surface area contributed by atoms with Gasteiger partial charge in [0.25, 0.3) is 0 Å². The van der Waals surface area contributed by atoms with Gasteiger partial charge in [-0.15, -0.1) is 11.3 Å². The fourth-order valence-corrected chi connectivity index (χ4v) is 3.25. The maximum atomic E-state index is 11.4. The molecule has 0 saturated heterocycles. The first kappa shape index (κ1) is 18.7. The fourth-order valence-electron chi connectivity index (χ4n) is 2.37. The zero-order chi connectivity index (χ0) is 19.4. The Morgan fingerprint density at radius 1 is 1.52 bits per heavy atom. The maximum Gasteiger partial charge on any atom is 0.315 e. The molecule has 0 fully saturated rings. The fraction of sp³-hybridized carbons (Fsp3) is 0.188. The number of nitrogens with zero attached hydrogens (tertiary/aromatic N) is 4. The lowest BCUT2D eigenvalue weighted by Crippen LogP contribution is -2.01. The van der Waals surface area contributed by atoms with E-state index in [2.05, 4.69) is 15.3 Å². The Morgan fingerprint density at radius 2 is 2.33 bits per heavy atom. The lowest BCUT2D eigenvalue weighted by molar-refractivity contribution is -0.385. The Hall–Kier alpha value is -3.05. The third-order valence-corrected chi connectivity index (χ3v) is 4.60. The predicted molar refractivity (Wildman–Crippen MR) is 105 cm³/mol. The molecule has 0 saturated carbocycles. The first-order valence-electron chi connectivity index (χ1n) is 7.80. The van der Waals surface area contributed by atoms with Crippen molar-refractivity contribution in [2.75, 3.05) is 13.7 Å². The molecule has 2 aromatic heterocycles. The van der Waals surface area contributed by atoms with Gasteiger partial charge in [-0.05, 0) is 36.7 Å². The number of benzene rings is 1. The number of nitrogens with one attached hydrogen (secondary N) is 1. The van der Waals surface area contributed by atoms with Crippen molar-refractivity contribution in [3.63, 3.8) is 0 Å². The van der Waals surface area contributed by atoms with E-state index in [0.29, 0.717) is 22.8 Å². The highest BCUT2D eigenvalue weighted by atomic mass is 32.1. The Labute approximate surface area is 163 Å². The van der Waals surface area contributed by atoms with Crippen molar-refractivity contribution in [3.8, 4) is 22.2 Å². The standard InChI is InChI=1S/C16H15N5O4S2/c1-3-25-12-8-10(7-11(21(22)23)14(12)24-2)9-17-20-15(18-19-16(20)26)13-5-4-6-27-13/h4-9H,3H2,1-2H3,(H,19,26)/b17-9-. The van der Waals surface area contributed by atoms with Gasteiger partial charge >= 0.3 is 5.69 Å². The minimum atomic E-state index is -0.528. The minimum absolute atomic E-state index is 0.0678. The van der Waals surface area contributed by atoms with E-state index in [4.69, 9.17) is 21.7 Å². The van der Waals surface area contributed by atoms with Crippen LogP contribution in [-0.4, -0.2) is 39.7 Å². The van der Waals surface area contributed by atoms with E-state index in [1.54, 1.807) is 13.0 Å². The van der Waals surface area contributed by atoms with Crippen molar-refractivity contribution in [3.05, 3.63) is 50.1 Å². The SMILES string of the molecule is CCOc1cc(/C=N\n2c(-c3cccs3)n[nH]c2=S)cc([N+](=O)[O-])c1OC. The first-order valence-corrected chi connectivity index (χ1v) is 9.08. The Morgan fingerprint density at radius 3 is 2.96 bits per heavy atom. The highest BCUT2D eigenvalue weighted by molar-refractivity contribution is 7.71. The van der Waals surface area contributed by atoms with Crippen LogP contribution in [0, 0.1) is 14.9 Å². The van der Waals surface area contributed by atoms with Crippen LogP contribution < -0.4 is 9.47 Å². The first-order chi connectivity index (χ1) is 13.0. The predicted octanol–water partition coefficient (Wildman–Crippen LogP) is 3.87. The molecule has 0 aliphatic heterocycles. The van der Waals surface area contributed by atoms with Gasteiger partial charge in [0.1, 0.15) is 0 Å². The van der Waals surface area contributed by atoms with E-state index in [0.717, 1.165) is 4.88 Å². The number of hydrogen-bond acceptors (Lipinski definition) is 8. The number of nitro groups is 1. The van der Waals surface area contributed by atoms with Crippen LogP contribution >= 0.6 is 23.6 Å². The summed E-state index contributed by atoms with van der Waals surface area (Å²) in [7, 11) is 1.36. The van der Waals surface area contributed by atoms with Crippen molar-refractivity contribution in [1.29, 1.82) is 0 Å². The molecular formula is C16H15N5O4S2. The van der Waals surface area contributed by atoms with Gasteiger partial charge in [-0.3, -0.25) is 10.1 Å². The van der Waals surface area contributed by atoms with Crippen LogP contribution in [0.2, 0.25) is 0 Å². The summed E-state index contributed by atoms with van der Waals surface area (Å²) in [6.07, 6.45) is 1.46. The summed E-state index contributed by atoms with van der Waals surface area (Å²) in [5, 5.41) is 24.5. The lowest BCUT2D eigenvalue weighted by atomic mass is 10.2. The average molecular weight is 405 g/mol. The monoisotopic (exact) mass is 405 g/mol. The van der Waals surface area contributed by atoms with Gasteiger partial charge in [0.15, 0.2) is 11.6 Å². The van der Waals surface area contributed by atoms with Crippen molar-refractivity contribution in [2.45, 2.75) is 6.92 Å². The Bertz CT molecular complexity index is 1040. The second-order valence-corrected chi connectivity index (χ2v) is 6.48. The number of methoxy groups -OCH3 is 1. The topological polar surface area (TPSA) is 108 Å². The van der Waals surface area contributed by atoms with Crippen LogP contribution in [0.15, 0.2) is 34.7 Å². The third kappa shape index (κ3) is 3.88. The molecule has 27 heavy (non-hydrogen) atoms. The van der Waals surface area contributed by atoms with Crippen LogP contribution in [0.4, 0.5) is 5.69 Å². The highest BCUT2D eigenvalue weighted by Crippen LogP contribution is 2.37. The van der Waals surface area contributed by atoms with Crippen molar-refractivity contribution in [1.82, 2.24) is 14.9 Å². The summed E-state index contributed by atoms with van der Waals surface area (Å²) in [4.78, 5) is 11.7. The summed E-state index contributed by atoms with van der Waals surface area (Å²) in [6, 6.07) is 6.77. The average Bonchev–Trinajstić information content (AvgIpc) is 3.29. The van der Waals surface area contributed by atoms with E-state index in [1.165, 1.54) is 35.4 Å². The summed E-state index contributed by atoms with van der Waals surface area (Å²) in [6.45, 7) is 2.12. The number of aromatic amines is 1. The van der Waals surface area contributed by atoms with Crippen LogP contribution in [0.1, 0.15) is 12.5 Å². The molecule has 0 radical (unpaired) electrons. The molecule has 140 valence electrons. The number of nitro benzene ring substituents is 1. The van der Waals surface area contributed by atoms with Crippen molar-refractivity contribution in [2.24, 2.45) is 5.10 Å². The zero-order valence-corrected chi connectivity index (χ0v) is 16.0. The van der Waals surface area contributed by atoms with E-state index >= 15 is 0 Å². The number of hydrogen-bond donors (Lipinski definition) is 1. The molecule has 0 spiro atoms. The summed E-state index contributed by atoms with van der Waals surface area (Å²) >= 11 is 6.72. The molecular weight excluding hydrogens is 390 g/mol. The molecule has 1 N–H and O–H groups in total. The van der Waals surface area contributed by atoms with Crippen LogP contribution in [0.3, 0.4) is 0 Å². The third-order valence-electron chi connectivity index (χ3n) is 3.47. The van der Waals surface area contributed by atoms with Crippen LogP contribution in [0.25, 0.3) is 10.7 Å². The van der Waals surface area contributed by atoms with Gasteiger partial charge in [0.05, 0.1) is 29.7 Å². The second kappa shape index (κ2) is 8.10. The molecule has 0 aliphatic carbocycles. The molecule has 2 heterocycles. The zero-order valence-electron chi connectivity index (χ0n) is 14.4. The van der Waals surface area contributed by atoms with Crippen LogP contribution in [-0.2, 0) is 0 Å². The van der Waals surface area contributed by atoms with E-state index < -0.39 is 4.92 Å². The largest absolute Gasteiger partial charge is 0.490 e. The molecule has 1 aromatic carbocycles. The summed E-state index contributed by atoms with van der Waals surface area (Å²) in [5.74, 6) is 0.891. The smallest absolute Gasteiger partial charge is 0.315 e. The molecule has 0 bridgehead atoms. The molecule has 0 amide bonds. The molecule has 0 unspecified atom stereocenters. The Kier molecular flexibility index (Phi) is 5.62. The number of ether oxygens (including phenoxy) is 2. The Balaban J connectivity index is 2.05. The summed E-state index contributed by atoms with van der Waals surface area (Å²) < 4.78 is 12.4. The quantitative estimate of drug-likeness (QED) is 0.277. The van der Waals surface area contributed by atoms with E-state index in [-0.39, 0.29) is 17.2 Å². The van der Waals surface area contributed by atoms with Gasteiger partial charge in [-0.25, -0.2) is 5.10 Å². The number of rotatable bonds is 7. The number of H-pyrrole nitrogens is 1. The maximum absolute atomic E-state index is 11.4. The van der Waals surface area contributed by atoms with Gasteiger partial charge < -0.3 is 9.47 Å². The normalized spacial score (nSPS) is 11.0. The van der Waals surface area contributed by atoms with Gasteiger partial charge in [-0.2, -0.15) is 14.9 Å². The van der Waals surface area contributed by atoms with Gasteiger partial charge in [-0.1, -0.05) is 6.07 Å². The summed E-state index contributed by atoms with van der Waals surface area (Å²) in [5.41, 5.74) is 0.255. The van der Waals surface area contributed by atoms with Crippen molar-refractivity contribution >= 4 is 35.5 Å². The van der Waals surface area contributed by atoms with E-state index in [9.17, 15) is 10.1 Å². The molecule has 9 nitrogen and oxygen atoms in total. The highest BCUT2D eigenvalue weighted by Gasteiger charge is 2.21. The minimum Gasteiger partial charge on any atom is -0.490 e. The molecule has 0 atom stereocenters. The number of aromatic nitrogens is 3. The lowest BCUT2D eigenvalue weighted by Gasteiger charge is -2.10. The second-order valence-electron chi connectivity index (χ2n) is 5.15. The molecule has 3 aromatic rings. The number of thiophene rings is 1. The van der Waals surface area contributed by atoms with Gasteiger partial charge in [0.2, 0.25) is 10.5 Å². The van der Waals surface area contributed by atoms with Gasteiger partial charge in [0, 0.05) is 11.6 Å². The molecule has 0 aliphatic rings. The van der Waals surface area contributed by atoms with E-state index in [1.807, 2.05) is 17.5 Å². The molecule has 3 rings (SSSR count).